The van der Waals surface area contributed by atoms with E-state index in [-0.39, 0.29) is 11.5 Å². The SMILES string of the molecule is CC(C)(C)CCN1C(C(=O)O)CC2CCCCC21. The Labute approximate surface area is 111 Å². The zero-order chi connectivity index (χ0) is 13.3. The first kappa shape index (κ1) is 13.9. The van der Waals surface area contributed by atoms with Gasteiger partial charge in [0.25, 0.3) is 0 Å². The Kier molecular flexibility index (Phi) is 4.00. The number of hydrogen-bond acceptors (Lipinski definition) is 2. The number of fused-ring (bicyclic) bond motifs is 1. The van der Waals surface area contributed by atoms with Crippen LogP contribution in [-0.2, 0) is 4.79 Å². The Morgan fingerprint density at radius 2 is 1.94 bits per heavy atom. The predicted octanol–water partition coefficient (Wildman–Crippen LogP) is 3.14. The number of carboxylic acids is 1. The average molecular weight is 253 g/mol. The molecule has 2 aliphatic rings. The summed E-state index contributed by atoms with van der Waals surface area (Å²) in [6.45, 7) is 7.65. The zero-order valence-electron chi connectivity index (χ0n) is 12.0. The molecule has 0 amide bonds. The molecule has 18 heavy (non-hydrogen) atoms. The Bertz CT molecular complexity index is 308. The van der Waals surface area contributed by atoms with Crippen LogP contribution in [0.4, 0.5) is 0 Å². The molecular formula is C15H27NO2. The van der Waals surface area contributed by atoms with Crippen LogP contribution in [-0.4, -0.2) is 34.6 Å². The summed E-state index contributed by atoms with van der Waals surface area (Å²) in [7, 11) is 0. The molecule has 2 fully saturated rings. The number of likely N-dealkylation sites (tertiary alicyclic amines) is 1. The monoisotopic (exact) mass is 253 g/mol. The van der Waals surface area contributed by atoms with Crippen molar-refractivity contribution in [1.29, 1.82) is 0 Å². The van der Waals surface area contributed by atoms with Crippen LogP contribution in [0.5, 0.6) is 0 Å². The number of rotatable bonds is 3. The lowest BCUT2D eigenvalue weighted by Crippen LogP contribution is -2.43. The second-order valence-electron chi connectivity index (χ2n) is 7.25. The molecule has 1 N–H and O–H groups in total. The minimum Gasteiger partial charge on any atom is -0.480 e. The number of carboxylic acid groups (broad SMARTS) is 1. The summed E-state index contributed by atoms with van der Waals surface area (Å²) in [5.74, 6) is 0.0260. The van der Waals surface area contributed by atoms with E-state index in [1.54, 1.807) is 0 Å². The third-order valence-electron chi connectivity index (χ3n) is 4.63. The van der Waals surface area contributed by atoms with E-state index in [9.17, 15) is 9.90 Å². The van der Waals surface area contributed by atoms with Gasteiger partial charge in [-0.05, 0) is 43.6 Å². The fourth-order valence-electron chi connectivity index (χ4n) is 3.58. The van der Waals surface area contributed by atoms with E-state index < -0.39 is 5.97 Å². The molecule has 1 heterocycles. The Hall–Kier alpha value is -0.570. The minimum atomic E-state index is -0.613. The van der Waals surface area contributed by atoms with Gasteiger partial charge < -0.3 is 5.11 Å². The maximum Gasteiger partial charge on any atom is 0.320 e. The second kappa shape index (κ2) is 5.20. The van der Waals surface area contributed by atoms with Crippen molar-refractivity contribution in [3.8, 4) is 0 Å². The maximum absolute atomic E-state index is 11.4. The minimum absolute atomic E-state index is 0.222. The van der Waals surface area contributed by atoms with Crippen molar-refractivity contribution in [3.63, 3.8) is 0 Å². The predicted molar refractivity (Wildman–Crippen MR) is 72.6 cm³/mol. The number of hydrogen-bond donors (Lipinski definition) is 1. The van der Waals surface area contributed by atoms with Gasteiger partial charge >= 0.3 is 5.97 Å². The molecule has 1 aliphatic heterocycles. The fourth-order valence-corrected chi connectivity index (χ4v) is 3.58. The van der Waals surface area contributed by atoms with E-state index in [4.69, 9.17) is 0 Å². The van der Waals surface area contributed by atoms with Crippen molar-refractivity contribution >= 4 is 5.97 Å². The highest BCUT2D eigenvalue weighted by Crippen LogP contribution is 2.40. The molecule has 0 bridgehead atoms. The molecule has 104 valence electrons. The summed E-state index contributed by atoms with van der Waals surface area (Å²) in [5, 5.41) is 9.42. The third-order valence-corrected chi connectivity index (χ3v) is 4.63. The molecule has 3 nitrogen and oxygen atoms in total. The van der Waals surface area contributed by atoms with E-state index in [1.807, 2.05) is 0 Å². The lowest BCUT2D eigenvalue weighted by atomic mass is 9.84. The third kappa shape index (κ3) is 3.05. The van der Waals surface area contributed by atoms with Gasteiger partial charge in [0.05, 0.1) is 0 Å². The molecule has 1 saturated carbocycles. The molecule has 2 rings (SSSR count). The van der Waals surface area contributed by atoms with Crippen LogP contribution in [0, 0.1) is 11.3 Å². The topological polar surface area (TPSA) is 40.5 Å². The molecule has 0 aromatic heterocycles. The van der Waals surface area contributed by atoms with Gasteiger partial charge in [-0.2, -0.15) is 0 Å². The Morgan fingerprint density at radius 1 is 1.28 bits per heavy atom. The van der Waals surface area contributed by atoms with Crippen molar-refractivity contribution in [2.75, 3.05) is 6.54 Å². The van der Waals surface area contributed by atoms with Crippen LogP contribution >= 0.6 is 0 Å². The molecule has 0 spiro atoms. The van der Waals surface area contributed by atoms with Gasteiger partial charge in [0.15, 0.2) is 0 Å². The lowest BCUT2D eigenvalue weighted by molar-refractivity contribution is -0.142. The van der Waals surface area contributed by atoms with Gasteiger partial charge in [0.2, 0.25) is 0 Å². The molecular weight excluding hydrogens is 226 g/mol. The normalized spacial score (nSPS) is 33.4. The first-order valence-corrected chi connectivity index (χ1v) is 7.37. The van der Waals surface area contributed by atoms with Gasteiger partial charge in [-0.15, -0.1) is 0 Å². The van der Waals surface area contributed by atoms with Crippen molar-refractivity contribution in [1.82, 2.24) is 4.90 Å². The fraction of sp³-hybridized carbons (Fsp3) is 0.933. The van der Waals surface area contributed by atoms with Crippen molar-refractivity contribution in [2.45, 2.75) is 71.4 Å². The smallest absolute Gasteiger partial charge is 0.320 e. The molecule has 1 aliphatic carbocycles. The van der Waals surface area contributed by atoms with E-state index in [2.05, 4.69) is 25.7 Å². The highest BCUT2D eigenvalue weighted by molar-refractivity contribution is 5.74. The lowest BCUT2D eigenvalue weighted by Gasteiger charge is -2.34. The van der Waals surface area contributed by atoms with E-state index in [1.165, 1.54) is 25.7 Å². The molecule has 0 radical (unpaired) electrons. The van der Waals surface area contributed by atoms with Crippen molar-refractivity contribution in [3.05, 3.63) is 0 Å². The number of carbonyl (C=O) groups is 1. The molecule has 0 aromatic carbocycles. The van der Waals surface area contributed by atoms with Gasteiger partial charge in [0, 0.05) is 6.04 Å². The first-order valence-electron chi connectivity index (χ1n) is 7.37. The number of nitrogens with zero attached hydrogens (tertiary/aromatic N) is 1. The van der Waals surface area contributed by atoms with Gasteiger partial charge in [-0.25, -0.2) is 0 Å². The van der Waals surface area contributed by atoms with Crippen LogP contribution in [0.15, 0.2) is 0 Å². The maximum atomic E-state index is 11.4. The molecule has 3 unspecified atom stereocenters. The van der Waals surface area contributed by atoms with E-state index >= 15 is 0 Å². The van der Waals surface area contributed by atoms with Crippen molar-refractivity contribution in [2.24, 2.45) is 11.3 Å². The standard InChI is InChI=1S/C15H27NO2/c1-15(2,3)8-9-16-12-7-5-4-6-11(12)10-13(16)14(17)18/h11-13H,4-10H2,1-3H3,(H,17,18). The van der Waals surface area contributed by atoms with Crippen LogP contribution < -0.4 is 0 Å². The summed E-state index contributed by atoms with van der Waals surface area (Å²) in [6.07, 6.45) is 6.98. The van der Waals surface area contributed by atoms with Crippen molar-refractivity contribution < 1.29 is 9.90 Å². The molecule has 0 aromatic rings. The summed E-state index contributed by atoms with van der Waals surface area (Å²) >= 11 is 0. The van der Waals surface area contributed by atoms with E-state index in [0.29, 0.717) is 12.0 Å². The van der Waals surface area contributed by atoms with Gasteiger partial charge in [-0.1, -0.05) is 33.6 Å². The second-order valence-corrected chi connectivity index (χ2v) is 7.25. The summed E-state index contributed by atoms with van der Waals surface area (Å²) in [4.78, 5) is 13.7. The Balaban J connectivity index is 2.04. The highest BCUT2D eigenvalue weighted by atomic mass is 16.4. The Morgan fingerprint density at radius 3 is 2.56 bits per heavy atom. The molecule has 3 heteroatoms. The van der Waals surface area contributed by atoms with Crippen LogP contribution in [0.3, 0.4) is 0 Å². The zero-order valence-corrected chi connectivity index (χ0v) is 12.0. The highest BCUT2D eigenvalue weighted by Gasteiger charge is 2.44. The summed E-state index contributed by atoms with van der Waals surface area (Å²) < 4.78 is 0. The van der Waals surface area contributed by atoms with E-state index in [0.717, 1.165) is 19.4 Å². The molecule has 3 atom stereocenters. The molecule has 1 saturated heterocycles. The largest absolute Gasteiger partial charge is 0.480 e. The van der Waals surface area contributed by atoms with Gasteiger partial charge in [0.1, 0.15) is 6.04 Å². The van der Waals surface area contributed by atoms with Gasteiger partial charge in [-0.3, -0.25) is 9.69 Å². The van der Waals surface area contributed by atoms with Crippen LogP contribution in [0.2, 0.25) is 0 Å². The van der Waals surface area contributed by atoms with Crippen LogP contribution in [0.1, 0.15) is 59.3 Å². The first-order chi connectivity index (χ1) is 8.38. The average Bonchev–Trinajstić information content (AvgIpc) is 2.64. The number of aliphatic carboxylic acids is 1. The quantitative estimate of drug-likeness (QED) is 0.840. The van der Waals surface area contributed by atoms with Crippen LogP contribution in [0.25, 0.3) is 0 Å². The summed E-state index contributed by atoms with van der Waals surface area (Å²) in [6, 6.07) is 0.322. The summed E-state index contributed by atoms with van der Waals surface area (Å²) in [5.41, 5.74) is 0.288.